The average Bonchev–Trinajstić information content (AvgIpc) is 2.90. The number of carboxylic acid groups (broad SMARTS) is 4. The predicted octanol–water partition coefficient (Wildman–Crippen LogP) is -3.07. The number of ether oxygens (including phenoxy) is 1. The van der Waals surface area contributed by atoms with E-state index in [1.54, 1.807) is 0 Å². The molecule has 0 aromatic carbocycles. The highest BCUT2D eigenvalue weighted by Crippen LogP contribution is 2.19. The third-order valence-corrected chi connectivity index (χ3v) is 4.45. The van der Waals surface area contributed by atoms with Crippen molar-refractivity contribution in [2.24, 2.45) is 10.8 Å². The van der Waals surface area contributed by atoms with Gasteiger partial charge in [0.2, 0.25) is 0 Å². The van der Waals surface area contributed by atoms with Gasteiger partial charge < -0.3 is 55.8 Å². The number of rotatable bonds is 14. The van der Waals surface area contributed by atoms with Crippen molar-refractivity contribution in [3.63, 3.8) is 0 Å². The quantitative estimate of drug-likeness (QED) is 0.0856. The summed E-state index contributed by atoms with van der Waals surface area (Å²) in [6.45, 7) is -3.01. The Morgan fingerprint density at radius 1 is 0.459 bits per heavy atom. The maximum atomic E-state index is 9.29. The number of carboxylic acids is 4. The van der Waals surface area contributed by atoms with E-state index in [1.807, 2.05) is 0 Å². The fraction of sp³-hybridized carbons (Fsp3) is 0.778. The molecule has 0 aliphatic carbocycles. The standard InChI is InChI=1S/C10H22O7.4C2H4O2S/c11-1-9(2-12,3-13)7-17-8-10(4-14,5-15)6-16;4*3-2(4)1-5/h11-16H,1-8H2;4*5H,1H2,(H,3,4). The number of aliphatic hydroxyl groups is 6. The molecule has 224 valence electrons. The van der Waals surface area contributed by atoms with E-state index in [2.05, 4.69) is 50.5 Å². The molecule has 0 aromatic heterocycles. The van der Waals surface area contributed by atoms with Crippen molar-refractivity contribution < 1.29 is 75.0 Å². The lowest BCUT2D eigenvalue weighted by atomic mass is 9.91. The first-order chi connectivity index (χ1) is 17.2. The van der Waals surface area contributed by atoms with E-state index >= 15 is 0 Å². The van der Waals surface area contributed by atoms with Crippen molar-refractivity contribution in [1.82, 2.24) is 0 Å². The lowest BCUT2D eigenvalue weighted by Crippen LogP contribution is -2.43. The Balaban J connectivity index is -0.000000139. The van der Waals surface area contributed by atoms with E-state index in [9.17, 15) is 19.2 Å². The van der Waals surface area contributed by atoms with Crippen LogP contribution in [0, 0.1) is 10.8 Å². The summed E-state index contributed by atoms with van der Waals surface area (Å²) in [7, 11) is 0. The predicted molar refractivity (Wildman–Crippen MR) is 144 cm³/mol. The van der Waals surface area contributed by atoms with Crippen molar-refractivity contribution in [2.75, 3.05) is 75.9 Å². The molecule has 0 bridgehead atoms. The number of thiol groups is 4. The molecule has 15 nitrogen and oxygen atoms in total. The lowest BCUT2D eigenvalue weighted by Gasteiger charge is -2.31. The number of aliphatic hydroxyl groups excluding tert-OH is 6. The normalized spacial score (nSPS) is 10.0. The molecular formula is C18H38O15S4. The molecule has 0 atom stereocenters. The molecule has 0 rings (SSSR count). The van der Waals surface area contributed by atoms with Gasteiger partial charge in [0.15, 0.2) is 0 Å². The first-order valence-corrected chi connectivity index (χ1v) is 12.2. The van der Waals surface area contributed by atoms with Crippen molar-refractivity contribution in [1.29, 1.82) is 0 Å². The maximum absolute atomic E-state index is 9.29. The summed E-state index contributed by atoms with van der Waals surface area (Å²) >= 11 is 13.7. The SMILES string of the molecule is O=C(O)CS.O=C(O)CS.O=C(O)CS.O=C(O)CS.OCC(CO)(CO)COCC(CO)(CO)CO. The van der Waals surface area contributed by atoms with Crippen LogP contribution in [-0.2, 0) is 23.9 Å². The van der Waals surface area contributed by atoms with E-state index in [-0.39, 0.29) is 36.2 Å². The van der Waals surface area contributed by atoms with Crippen LogP contribution in [0.25, 0.3) is 0 Å². The molecule has 0 aromatic rings. The first kappa shape index (κ1) is 45.9. The summed E-state index contributed by atoms with van der Waals surface area (Å²) in [6, 6.07) is 0. The number of hydrogen-bond donors (Lipinski definition) is 14. The summed E-state index contributed by atoms with van der Waals surface area (Å²) < 4.78 is 5.15. The zero-order chi connectivity index (χ0) is 30.5. The second kappa shape index (κ2) is 31.2. The fourth-order valence-electron chi connectivity index (χ4n) is 1.06. The zero-order valence-corrected chi connectivity index (χ0v) is 23.4. The Kier molecular flexibility index (Phi) is 38.7. The van der Waals surface area contributed by atoms with E-state index in [4.69, 9.17) is 55.8 Å². The summed E-state index contributed by atoms with van der Waals surface area (Å²) in [5.74, 6) is -3.86. The number of aliphatic carboxylic acids is 4. The van der Waals surface area contributed by atoms with Gasteiger partial charge in [0, 0.05) is 0 Å². The van der Waals surface area contributed by atoms with Gasteiger partial charge in [-0.25, -0.2) is 0 Å². The molecule has 10 N–H and O–H groups in total. The second-order valence-corrected chi connectivity index (χ2v) is 7.91. The molecule has 0 unspecified atom stereocenters. The average molecular weight is 623 g/mol. The molecule has 0 radical (unpaired) electrons. The van der Waals surface area contributed by atoms with Gasteiger partial charge in [-0.2, -0.15) is 50.5 Å². The van der Waals surface area contributed by atoms with Crippen LogP contribution in [-0.4, -0.2) is 151 Å². The van der Waals surface area contributed by atoms with Crippen LogP contribution in [0.4, 0.5) is 0 Å². The summed E-state index contributed by atoms with van der Waals surface area (Å²) in [4.78, 5) is 37.2. The highest BCUT2D eigenvalue weighted by Gasteiger charge is 2.32. The molecule has 0 saturated heterocycles. The Morgan fingerprint density at radius 2 is 0.595 bits per heavy atom. The van der Waals surface area contributed by atoms with Gasteiger partial charge >= 0.3 is 23.9 Å². The molecular weight excluding hydrogens is 584 g/mol. The molecule has 37 heavy (non-hydrogen) atoms. The van der Waals surface area contributed by atoms with Crippen molar-refractivity contribution in [2.45, 2.75) is 0 Å². The fourth-order valence-corrected chi connectivity index (χ4v) is 1.06. The molecule has 0 heterocycles. The maximum Gasteiger partial charge on any atom is 0.313 e. The van der Waals surface area contributed by atoms with E-state index in [0.29, 0.717) is 0 Å². The number of hydrogen-bond acceptors (Lipinski definition) is 15. The molecule has 19 heteroatoms. The van der Waals surface area contributed by atoms with Crippen molar-refractivity contribution >= 4 is 74.4 Å². The molecule has 0 aliphatic rings. The van der Waals surface area contributed by atoms with E-state index in [1.165, 1.54) is 0 Å². The Bertz CT molecular complexity index is 481. The number of carbonyl (C=O) groups is 4. The molecule has 0 aliphatic heterocycles. The smallest absolute Gasteiger partial charge is 0.313 e. The molecule has 0 amide bonds. The van der Waals surface area contributed by atoms with E-state index < -0.39 is 74.3 Å². The minimum absolute atomic E-state index is 0.0833. The monoisotopic (exact) mass is 622 g/mol. The van der Waals surface area contributed by atoms with E-state index in [0.717, 1.165) is 0 Å². The van der Waals surface area contributed by atoms with Crippen molar-refractivity contribution in [3.8, 4) is 0 Å². The third-order valence-electron chi connectivity index (χ3n) is 3.37. The van der Waals surface area contributed by atoms with Gasteiger partial charge in [-0.15, -0.1) is 0 Å². The van der Waals surface area contributed by atoms with Crippen LogP contribution in [0.2, 0.25) is 0 Å². The minimum Gasteiger partial charge on any atom is -0.481 e. The van der Waals surface area contributed by atoms with Gasteiger partial charge in [-0.1, -0.05) is 0 Å². The Morgan fingerprint density at radius 3 is 0.676 bits per heavy atom. The third kappa shape index (κ3) is 35.0. The van der Waals surface area contributed by atoms with Crippen LogP contribution in [0.3, 0.4) is 0 Å². The highest BCUT2D eigenvalue weighted by molar-refractivity contribution is 7.81. The molecule has 0 fully saturated rings. The molecule has 0 spiro atoms. The van der Waals surface area contributed by atoms with Crippen LogP contribution in [0.1, 0.15) is 0 Å². The summed E-state index contributed by atoms with van der Waals surface area (Å²) in [5.41, 5.74) is -2.32. The van der Waals surface area contributed by atoms with Crippen LogP contribution < -0.4 is 0 Å². The van der Waals surface area contributed by atoms with Gasteiger partial charge in [0.05, 0.1) is 86.7 Å². The summed E-state index contributed by atoms with van der Waals surface area (Å²) in [5, 5.41) is 84.8. The highest BCUT2D eigenvalue weighted by atomic mass is 32.1. The van der Waals surface area contributed by atoms with Gasteiger partial charge in [0.25, 0.3) is 0 Å². The second-order valence-electron chi connectivity index (χ2n) is 6.65. The largest absolute Gasteiger partial charge is 0.481 e. The lowest BCUT2D eigenvalue weighted by molar-refractivity contribution is -0.134. The van der Waals surface area contributed by atoms with Crippen molar-refractivity contribution in [3.05, 3.63) is 0 Å². The molecule has 0 saturated carbocycles. The van der Waals surface area contributed by atoms with Gasteiger partial charge in [-0.3, -0.25) is 19.2 Å². The summed E-state index contributed by atoms with van der Waals surface area (Å²) in [6.07, 6.45) is 0. The van der Waals surface area contributed by atoms with Crippen LogP contribution in [0.15, 0.2) is 0 Å². The van der Waals surface area contributed by atoms with Crippen LogP contribution >= 0.6 is 50.5 Å². The van der Waals surface area contributed by atoms with Gasteiger partial charge in [0.1, 0.15) is 0 Å². The van der Waals surface area contributed by atoms with Crippen LogP contribution in [0.5, 0.6) is 0 Å². The first-order valence-electron chi connectivity index (χ1n) is 9.69. The Labute approximate surface area is 235 Å². The topological polar surface area (TPSA) is 280 Å². The van der Waals surface area contributed by atoms with Gasteiger partial charge in [-0.05, 0) is 0 Å². The minimum atomic E-state index is -1.16. The zero-order valence-electron chi connectivity index (χ0n) is 19.8. The Hall–Kier alpha value is -1.00.